The summed E-state index contributed by atoms with van der Waals surface area (Å²) < 4.78 is 6.00. The van der Waals surface area contributed by atoms with E-state index in [-0.39, 0.29) is 23.4 Å². The highest BCUT2D eigenvalue weighted by Gasteiger charge is 2.56. The fraction of sp³-hybridized carbons (Fsp3) is 0.667. The fourth-order valence-corrected chi connectivity index (χ4v) is 7.15. The molecule has 4 fully saturated rings. The normalized spacial score (nSPS) is 36.2. The van der Waals surface area contributed by atoms with Crippen LogP contribution in [-0.4, -0.2) is 44.8 Å². The van der Waals surface area contributed by atoms with Crippen LogP contribution in [-0.2, 0) is 9.53 Å². The van der Waals surface area contributed by atoms with Gasteiger partial charge < -0.3 is 14.5 Å². The summed E-state index contributed by atoms with van der Waals surface area (Å²) in [6, 6.07) is 6.61. The molecule has 0 radical (unpaired) electrons. The second-order valence-corrected chi connectivity index (χ2v) is 11.1. The van der Waals surface area contributed by atoms with Gasteiger partial charge in [-0.05, 0) is 74.5 Å². The van der Waals surface area contributed by atoms with Crippen molar-refractivity contribution in [3.63, 3.8) is 0 Å². The minimum absolute atomic E-state index is 0.0755. The van der Waals surface area contributed by atoms with E-state index in [1.54, 1.807) is 4.90 Å². The number of esters is 1. The van der Waals surface area contributed by atoms with E-state index in [9.17, 15) is 4.79 Å². The Morgan fingerprint density at radius 1 is 1.26 bits per heavy atom. The van der Waals surface area contributed by atoms with E-state index in [4.69, 9.17) is 4.74 Å². The van der Waals surface area contributed by atoms with Gasteiger partial charge in [-0.25, -0.2) is 0 Å². The zero-order chi connectivity index (χ0) is 21.8. The number of quaternary nitrogens is 1. The molecule has 168 valence electrons. The highest BCUT2D eigenvalue weighted by atomic mass is 16.6. The number of hydrogen-bond donors (Lipinski definition) is 1. The van der Waals surface area contributed by atoms with E-state index in [1.165, 1.54) is 41.6 Å². The molecule has 0 aromatic heterocycles. The molecule has 2 aliphatic carbocycles. The molecule has 1 aromatic rings. The van der Waals surface area contributed by atoms with E-state index in [2.05, 4.69) is 50.4 Å². The number of carbonyl (C=O) groups is 1. The quantitative estimate of drug-likeness (QED) is 0.598. The Labute approximate surface area is 187 Å². The number of anilines is 1. The Balaban J connectivity index is 1.23. The number of ether oxygens (including phenoxy) is 1. The van der Waals surface area contributed by atoms with E-state index in [0.717, 1.165) is 45.6 Å². The molecule has 4 heteroatoms. The van der Waals surface area contributed by atoms with Gasteiger partial charge in [0.05, 0.1) is 32.7 Å². The molecule has 5 rings (SSSR count). The predicted octanol–water partition coefficient (Wildman–Crippen LogP) is 3.32. The third-order valence-electron chi connectivity index (χ3n) is 9.22. The molecular formula is C27H39N2O2+. The SMILES string of the molecule is C=C1CCCC2(C)C[C@H]3OC(=O)C(C[NH+]4CCN(c5cccc(C)c5C)CC4)[C@H]3CC12. The Hall–Kier alpha value is -1.81. The Morgan fingerprint density at radius 3 is 2.81 bits per heavy atom. The summed E-state index contributed by atoms with van der Waals surface area (Å²) in [5, 5.41) is 0. The average Bonchev–Trinajstić information content (AvgIpc) is 3.03. The van der Waals surface area contributed by atoms with Crippen molar-refractivity contribution in [1.82, 2.24) is 0 Å². The maximum absolute atomic E-state index is 12.9. The molecule has 5 atom stereocenters. The van der Waals surface area contributed by atoms with Crippen molar-refractivity contribution in [2.24, 2.45) is 23.2 Å². The molecule has 31 heavy (non-hydrogen) atoms. The molecule has 2 heterocycles. The second-order valence-electron chi connectivity index (χ2n) is 11.1. The summed E-state index contributed by atoms with van der Waals surface area (Å²) in [6.45, 7) is 16.5. The van der Waals surface area contributed by atoms with Crippen LogP contribution < -0.4 is 9.80 Å². The highest BCUT2D eigenvalue weighted by Crippen LogP contribution is 2.56. The summed E-state index contributed by atoms with van der Waals surface area (Å²) in [6.07, 6.45) is 5.96. The van der Waals surface area contributed by atoms with E-state index in [1.807, 2.05) is 0 Å². The number of hydrogen-bond acceptors (Lipinski definition) is 3. The number of rotatable bonds is 3. The Morgan fingerprint density at radius 2 is 2.03 bits per heavy atom. The van der Waals surface area contributed by atoms with E-state index in [0.29, 0.717) is 11.8 Å². The average molecular weight is 424 g/mol. The lowest BCUT2D eigenvalue weighted by Gasteiger charge is -2.50. The van der Waals surface area contributed by atoms with Gasteiger partial charge in [0.15, 0.2) is 0 Å². The van der Waals surface area contributed by atoms with Crippen molar-refractivity contribution in [2.45, 2.75) is 59.0 Å². The number of aryl methyl sites for hydroxylation is 1. The zero-order valence-corrected chi connectivity index (χ0v) is 19.6. The number of nitrogens with zero attached hydrogens (tertiary/aromatic N) is 1. The van der Waals surface area contributed by atoms with Gasteiger partial charge in [0.2, 0.25) is 0 Å². The van der Waals surface area contributed by atoms with Crippen molar-refractivity contribution < 1.29 is 14.4 Å². The third-order valence-corrected chi connectivity index (χ3v) is 9.22. The van der Waals surface area contributed by atoms with Gasteiger partial charge in [0.25, 0.3) is 0 Å². The minimum atomic E-state index is 0.0755. The van der Waals surface area contributed by atoms with Gasteiger partial charge in [-0.1, -0.05) is 31.2 Å². The van der Waals surface area contributed by atoms with Crippen LogP contribution in [0.4, 0.5) is 5.69 Å². The van der Waals surface area contributed by atoms with E-state index < -0.39 is 0 Å². The van der Waals surface area contributed by atoms with E-state index >= 15 is 0 Å². The molecular weight excluding hydrogens is 384 g/mol. The Kier molecular flexibility index (Phi) is 5.40. The molecule has 0 bridgehead atoms. The number of nitrogens with one attached hydrogen (secondary N) is 1. The van der Waals surface area contributed by atoms with Crippen LogP contribution in [0, 0.1) is 37.0 Å². The number of piperazine rings is 1. The molecule has 1 aromatic carbocycles. The number of allylic oxidation sites excluding steroid dienone is 1. The summed E-state index contributed by atoms with van der Waals surface area (Å²) in [5.74, 6) is 1.12. The maximum atomic E-state index is 12.9. The molecule has 2 saturated heterocycles. The predicted molar refractivity (Wildman–Crippen MR) is 124 cm³/mol. The standard InChI is InChI=1S/C27H38N2O2/c1-18-7-5-9-24(20(18)3)29-13-11-28(12-14-29)17-22-21-15-23-19(2)8-6-10-27(23,4)16-25(21)31-26(22)30/h5,7,9,21-23,25H,2,6,8,10-17H2,1,3-4H3/p+1/t21-,22?,23?,25-,27?/m1/s1. The lowest BCUT2D eigenvalue weighted by Crippen LogP contribution is -3.15. The van der Waals surface area contributed by atoms with Crippen molar-refractivity contribution in [1.29, 1.82) is 0 Å². The van der Waals surface area contributed by atoms with Gasteiger partial charge in [-0.2, -0.15) is 0 Å². The van der Waals surface area contributed by atoms with Gasteiger partial charge in [0.1, 0.15) is 12.0 Å². The minimum Gasteiger partial charge on any atom is -0.462 e. The molecule has 2 saturated carbocycles. The molecule has 4 aliphatic rings. The lowest BCUT2D eigenvalue weighted by molar-refractivity contribution is -0.903. The largest absolute Gasteiger partial charge is 0.462 e. The van der Waals surface area contributed by atoms with Crippen molar-refractivity contribution in [3.05, 3.63) is 41.5 Å². The smallest absolute Gasteiger partial charge is 0.315 e. The molecule has 1 N–H and O–H groups in total. The number of benzene rings is 1. The van der Waals surface area contributed by atoms with Crippen LogP contribution in [0.5, 0.6) is 0 Å². The number of fused-ring (bicyclic) bond motifs is 2. The van der Waals surface area contributed by atoms with Crippen molar-refractivity contribution >= 4 is 11.7 Å². The first-order valence-electron chi connectivity index (χ1n) is 12.4. The van der Waals surface area contributed by atoms with Gasteiger partial charge in [-0.15, -0.1) is 0 Å². The molecule has 2 aliphatic heterocycles. The zero-order valence-electron chi connectivity index (χ0n) is 19.6. The van der Waals surface area contributed by atoms with Gasteiger partial charge in [-0.3, -0.25) is 4.79 Å². The molecule has 0 amide bonds. The van der Waals surface area contributed by atoms with Crippen molar-refractivity contribution in [3.8, 4) is 0 Å². The van der Waals surface area contributed by atoms with Gasteiger partial charge >= 0.3 is 5.97 Å². The summed E-state index contributed by atoms with van der Waals surface area (Å²) in [4.78, 5) is 17.0. The fourth-order valence-electron chi connectivity index (χ4n) is 7.15. The lowest BCUT2D eigenvalue weighted by atomic mass is 9.55. The molecule has 3 unspecified atom stereocenters. The first-order valence-corrected chi connectivity index (χ1v) is 12.4. The van der Waals surface area contributed by atoms with Crippen LogP contribution in [0.15, 0.2) is 30.4 Å². The van der Waals surface area contributed by atoms with Crippen LogP contribution in [0.3, 0.4) is 0 Å². The summed E-state index contributed by atoms with van der Waals surface area (Å²) in [7, 11) is 0. The number of carbonyl (C=O) groups excluding carboxylic acids is 1. The highest BCUT2D eigenvalue weighted by molar-refractivity contribution is 5.75. The Bertz CT molecular complexity index is 872. The summed E-state index contributed by atoms with van der Waals surface area (Å²) in [5.41, 5.74) is 5.85. The van der Waals surface area contributed by atoms with Gasteiger partial charge in [0, 0.05) is 11.6 Å². The first-order chi connectivity index (χ1) is 14.9. The summed E-state index contributed by atoms with van der Waals surface area (Å²) >= 11 is 0. The van der Waals surface area contributed by atoms with Crippen molar-refractivity contribution in [2.75, 3.05) is 37.6 Å². The van der Waals surface area contributed by atoms with Crippen LogP contribution in [0.2, 0.25) is 0 Å². The second kappa shape index (κ2) is 7.95. The molecule has 0 spiro atoms. The third kappa shape index (κ3) is 3.71. The van der Waals surface area contributed by atoms with Crippen LogP contribution >= 0.6 is 0 Å². The maximum Gasteiger partial charge on any atom is 0.315 e. The monoisotopic (exact) mass is 423 g/mol. The van der Waals surface area contributed by atoms with Crippen LogP contribution in [0.25, 0.3) is 0 Å². The van der Waals surface area contributed by atoms with Crippen LogP contribution in [0.1, 0.15) is 50.2 Å². The topological polar surface area (TPSA) is 34.0 Å². The molecule has 4 nitrogen and oxygen atoms in total. The first kappa shape index (κ1) is 21.1.